The van der Waals surface area contributed by atoms with Gasteiger partial charge < -0.3 is 0 Å². The Morgan fingerprint density at radius 3 is 2.18 bits per heavy atom. The highest BCUT2D eigenvalue weighted by molar-refractivity contribution is 6.32. The molecule has 0 amide bonds. The number of hydrogen-bond acceptors (Lipinski definition) is 3. The molecule has 3 aromatic rings. The minimum absolute atomic E-state index is 0.0520. The van der Waals surface area contributed by atoms with Gasteiger partial charge in [-0.1, -0.05) is 92.7 Å². The van der Waals surface area contributed by atoms with E-state index in [1.807, 2.05) is 30.3 Å². The van der Waals surface area contributed by atoms with E-state index in [2.05, 4.69) is 62.4 Å². The van der Waals surface area contributed by atoms with Crippen molar-refractivity contribution in [2.75, 3.05) is 0 Å². The van der Waals surface area contributed by atoms with Crippen LogP contribution in [0.5, 0.6) is 0 Å². The van der Waals surface area contributed by atoms with Crippen LogP contribution < -0.4 is 0 Å². The number of nitrogens with zero attached hydrogens (tertiary/aromatic N) is 1. The van der Waals surface area contributed by atoms with Crippen LogP contribution in [-0.4, -0.2) is 17.3 Å². The van der Waals surface area contributed by atoms with Gasteiger partial charge in [0.2, 0.25) is 0 Å². The quantitative estimate of drug-likeness (QED) is 0.458. The number of aliphatic imine (C=N–C) groups is 1. The summed E-state index contributed by atoms with van der Waals surface area (Å²) in [4.78, 5) is 31.9. The Labute approximate surface area is 193 Å². The predicted molar refractivity (Wildman–Crippen MR) is 130 cm³/mol. The second kappa shape index (κ2) is 7.21. The van der Waals surface area contributed by atoms with Crippen LogP contribution in [0, 0.1) is 11.3 Å². The summed E-state index contributed by atoms with van der Waals surface area (Å²) in [5.41, 5.74) is 7.24. The van der Waals surface area contributed by atoms with Crippen molar-refractivity contribution in [2.24, 2.45) is 16.3 Å². The average molecular weight is 432 g/mol. The van der Waals surface area contributed by atoms with E-state index in [9.17, 15) is 9.59 Å². The van der Waals surface area contributed by atoms with Gasteiger partial charge in [-0.05, 0) is 34.1 Å². The van der Waals surface area contributed by atoms with Crippen LogP contribution in [0.15, 0.2) is 95.1 Å². The molecule has 2 aliphatic carbocycles. The van der Waals surface area contributed by atoms with Crippen LogP contribution in [-0.2, 0) is 9.59 Å². The van der Waals surface area contributed by atoms with E-state index in [-0.39, 0.29) is 22.9 Å². The molecular formula is C30H25NO2. The molecule has 0 saturated heterocycles. The minimum Gasteiger partial charge on any atom is -0.294 e. The maximum absolute atomic E-state index is 13.8. The lowest BCUT2D eigenvalue weighted by molar-refractivity contribution is -0.124. The topological polar surface area (TPSA) is 46.5 Å². The monoisotopic (exact) mass is 431 g/mol. The van der Waals surface area contributed by atoms with Crippen LogP contribution in [0.4, 0.5) is 0 Å². The van der Waals surface area contributed by atoms with Gasteiger partial charge >= 0.3 is 0 Å². The fourth-order valence-corrected chi connectivity index (χ4v) is 5.76. The lowest BCUT2D eigenvalue weighted by Crippen LogP contribution is -2.38. The molecule has 3 aromatic carbocycles. The molecule has 0 bridgehead atoms. The number of allylic oxidation sites excluding steroid dienone is 2. The highest BCUT2D eigenvalue weighted by Gasteiger charge is 2.49. The van der Waals surface area contributed by atoms with Gasteiger partial charge in [-0.15, -0.1) is 0 Å². The van der Waals surface area contributed by atoms with E-state index in [4.69, 9.17) is 4.99 Å². The number of rotatable bonds is 2. The summed E-state index contributed by atoms with van der Waals surface area (Å²) in [5, 5.41) is 0. The molecule has 0 N–H and O–H groups in total. The van der Waals surface area contributed by atoms with Crippen LogP contribution in [0.25, 0.3) is 11.1 Å². The maximum atomic E-state index is 13.8. The molecule has 6 rings (SSSR count). The Kier molecular flexibility index (Phi) is 4.38. The first-order valence-corrected chi connectivity index (χ1v) is 11.6. The van der Waals surface area contributed by atoms with E-state index in [1.54, 1.807) is 0 Å². The van der Waals surface area contributed by atoms with Gasteiger partial charge in [-0.3, -0.25) is 14.6 Å². The summed E-state index contributed by atoms with van der Waals surface area (Å²) >= 11 is 0. The molecule has 1 heterocycles. The summed E-state index contributed by atoms with van der Waals surface area (Å²) in [6, 6.07) is 26.9. The van der Waals surface area contributed by atoms with E-state index in [1.165, 1.54) is 0 Å². The number of ketones is 2. The number of carbonyl (C=O) groups excluding carboxylic acids is 2. The van der Waals surface area contributed by atoms with E-state index < -0.39 is 5.92 Å². The zero-order chi connectivity index (χ0) is 22.7. The fraction of sp³-hybridized carbons (Fsp3) is 0.233. The molecule has 2 atom stereocenters. The van der Waals surface area contributed by atoms with Crippen molar-refractivity contribution in [2.45, 2.75) is 32.6 Å². The normalized spacial score (nSPS) is 23.0. The van der Waals surface area contributed by atoms with Gasteiger partial charge in [0, 0.05) is 17.9 Å². The van der Waals surface area contributed by atoms with Gasteiger partial charge in [0.1, 0.15) is 0 Å². The van der Waals surface area contributed by atoms with Gasteiger partial charge in [-0.25, -0.2) is 0 Å². The summed E-state index contributed by atoms with van der Waals surface area (Å²) in [5.74, 6) is -0.671. The Morgan fingerprint density at radius 2 is 1.42 bits per heavy atom. The van der Waals surface area contributed by atoms with Crippen molar-refractivity contribution in [3.05, 3.63) is 107 Å². The second-order valence-electron chi connectivity index (χ2n) is 10.2. The molecule has 3 nitrogen and oxygen atoms in total. The molecule has 3 aliphatic rings. The summed E-state index contributed by atoms with van der Waals surface area (Å²) in [7, 11) is 0. The third kappa shape index (κ3) is 3.14. The van der Waals surface area contributed by atoms with Gasteiger partial charge in [0.25, 0.3) is 0 Å². The largest absolute Gasteiger partial charge is 0.294 e. The Morgan fingerprint density at radius 1 is 0.758 bits per heavy atom. The van der Waals surface area contributed by atoms with Crippen LogP contribution in [0.1, 0.15) is 49.3 Å². The molecule has 162 valence electrons. The van der Waals surface area contributed by atoms with Crippen LogP contribution in [0.2, 0.25) is 0 Å². The average Bonchev–Trinajstić information content (AvgIpc) is 3.13. The molecule has 2 unspecified atom stereocenters. The third-order valence-corrected chi connectivity index (χ3v) is 7.21. The minimum atomic E-state index is -0.436. The molecule has 33 heavy (non-hydrogen) atoms. The van der Waals surface area contributed by atoms with E-state index in [0.29, 0.717) is 24.1 Å². The predicted octanol–water partition coefficient (Wildman–Crippen LogP) is 6.13. The van der Waals surface area contributed by atoms with Crippen molar-refractivity contribution >= 4 is 17.3 Å². The van der Waals surface area contributed by atoms with Gasteiger partial charge in [0.05, 0.1) is 22.9 Å². The molecule has 1 aliphatic heterocycles. The molecule has 3 heteroatoms. The Balaban J connectivity index is 1.46. The Hall–Kier alpha value is -3.59. The van der Waals surface area contributed by atoms with Crippen LogP contribution >= 0.6 is 0 Å². The van der Waals surface area contributed by atoms with Gasteiger partial charge in [-0.2, -0.15) is 0 Å². The standard InChI is InChI=1S/C30H25NO2/c1-30(2)16-23-26(24(32)17-30)29(33)27-25(21-10-6-7-11-22(21)28(27)31-23)20-14-12-19(13-15-20)18-8-4-3-5-9-18/h3-15,25,27H,16-17H2,1-2H3. The molecule has 0 aromatic heterocycles. The fourth-order valence-electron chi connectivity index (χ4n) is 5.76. The Bertz CT molecular complexity index is 1360. The van der Waals surface area contributed by atoms with Crippen molar-refractivity contribution < 1.29 is 9.59 Å². The first-order valence-electron chi connectivity index (χ1n) is 11.6. The van der Waals surface area contributed by atoms with Gasteiger partial charge in [0.15, 0.2) is 11.6 Å². The summed E-state index contributed by atoms with van der Waals surface area (Å²) in [6.45, 7) is 4.15. The van der Waals surface area contributed by atoms with Crippen LogP contribution in [0.3, 0.4) is 0 Å². The number of fused-ring (bicyclic) bond motifs is 3. The summed E-state index contributed by atoms with van der Waals surface area (Å²) in [6.07, 6.45) is 1.06. The lowest BCUT2D eigenvalue weighted by Gasteiger charge is -2.34. The smallest absolute Gasteiger partial charge is 0.178 e. The maximum Gasteiger partial charge on any atom is 0.178 e. The molecular weight excluding hydrogens is 406 g/mol. The van der Waals surface area contributed by atoms with Crippen molar-refractivity contribution in [3.63, 3.8) is 0 Å². The molecule has 0 spiro atoms. The SMILES string of the molecule is CC1(C)CC(=O)C2=C(C1)N=C1c3ccccc3C(c3ccc(-c4ccccc4)cc3)C1C2=O. The zero-order valence-electron chi connectivity index (χ0n) is 18.8. The second-order valence-corrected chi connectivity index (χ2v) is 10.2. The molecule has 0 fully saturated rings. The number of benzene rings is 3. The number of carbonyl (C=O) groups is 2. The van der Waals surface area contributed by atoms with Crippen molar-refractivity contribution in [3.8, 4) is 11.1 Å². The summed E-state index contributed by atoms with van der Waals surface area (Å²) < 4.78 is 0. The zero-order valence-corrected chi connectivity index (χ0v) is 18.8. The highest BCUT2D eigenvalue weighted by atomic mass is 16.2. The highest BCUT2D eigenvalue weighted by Crippen LogP contribution is 2.49. The number of Topliss-reactive ketones (excluding diaryl/α,β-unsaturated/α-hetero) is 2. The van der Waals surface area contributed by atoms with Crippen molar-refractivity contribution in [1.82, 2.24) is 0 Å². The third-order valence-electron chi connectivity index (χ3n) is 7.21. The van der Waals surface area contributed by atoms with E-state index >= 15 is 0 Å². The molecule has 0 radical (unpaired) electrons. The van der Waals surface area contributed by atoms with Crippen molar-refractivity contribution in [1.29, 1.82) is 0 Å². The first kappa shape index (κ1) is 20.0. The first-order chi connectivity index (χ1) is 15.9. The molecule has 0 saturated carbocycles. The van der Waals surface area contributed by atoms with E-state index in [0.717, 1.165) is 33.5 Å². The lowest BCUT2D eigenvalue weighted by atomic mass is 9.70. The number of hydrogen-bond donors (Lipinski definition) is 0.